The van der Waals surface area contributed by atoms with Gasteiger partial charge in [-0.25, -0.2) is 8.78 Å². The highest BCUT2D eigenvalue weighted by atomic mass is 19.1. The molecule has 0 heterocycles. The van der Waals surface area contributed by atoms with Crippen molar-refractivity contribution in [1.29, 1.82) is 0 Å². The molecule has 0 atom stereocenters. The van der Waals surface area contributed by atoms with Crippen LogP contribution in [0.15, 0.2) is 18.2 Å². The number of rotatable bonds is 2. The SMILES string of the molecule is OB(O)Cc1cc(F)cc(F)c1. The van der Waals surface area contributed by atoms with Crippen molar-refractivity contribution in [1.82, 2.24) is 0 Å². The minimum absolute atomic E-state index is 0.172. The largest absolute Gasteiger partial charge is 0.456 e. The molecular weight excluding hydrogens is 165 g/mol. The van der Waals surface area contributed by atoms with Crippen molar-refractivity contribution < 1.29 is 18.8 Å². The average Bonchev–Trinajstić information content (AvgIpc) is 1.81. The van der Waals surface area contributed by atoms with Crippen molar-refractivity contribution in [3.63, 3.8) is 0 Å². The van der Waals surface area contributed by atoms with E-state index >= 15 is 0 Å². The van der Waals surface area contributed by atoms with Gasteiger partial charge in [0, 0.05) is 12.4 Å². The molecular formula is C7H7BF2O2. The Bertz CT molecular complexity index is 258. The maximum atomic E-state index is 12.5. The lowest BCUT2D eigenvalue weighted by molar-refractivity contribution is 0.405. The highest BCUT2D eigenvalue weighted by molar-refractivity contribution is 6.40. The molecule has 0 spiro atoms. The Hall–Kier alpha value is -0.935. The van der Waals surface area contributed by atoms with E-state index in [1.54, 1.807) is 0 Å². The van der Waals surface area contributed by atoms with Crippen LogP contribution in [0.3, 0.4) is 0 Å². The molecule has 0 aliphatic rings. The van der Waals surface area contributed by atoms with Crippen LogP contribution in [0.2, 0.25) is 0 Å². The molecule has 5 heteroatoms. The zero-order chi connectivity index (χ0) is 9.14. The summed E-state index contributed by atoms with van der Waals surface area (Å²) in [4.78, 5) is 0. The molecule has 12 heavy (non-hydrogen) atoms. The van der Waals surface area contributed by atoms with Gasteiger partial charge in [-0.2, -0.15) is 0 Å². The first-order chi connectivity index (χ1) is 5.58. The summed E-state index contributed by atoms with van der Waals surface area (Å²) in [5.41, 5.74) is 0.225. The third kappa shape index (κ3) is 2.60. The van der Waals surface area contributed by atoms with Crippen molar-refractivity contribution in [3.05, 3.63) is 35.4 Å². The fourth-order valence-electron chi connectivity index (χ4n) is 0.940. The molecule has 64 valence electrons. The maximum absolute atomic E-state index is 12.5. The van der Waals surface area contributed by atoms with Crippen molar-refractivity contribution in [2.75, 3.05) is 0 Å². The summed E-state index contributed by atoms with van der Waals surface area (Å²) < 4.78 is 25.0. The third-order valence-corrected chi connectivity index (χ3v) is 1.34. The third-order valence-electron chi connectivity index (χ3n) is 1.34. The molecule has 0 fully saturated rings. The second-order valence-electron chi connectivity index (χ2n) is 2.46. The summed E-state index contributed by atoms with van der Waals surface area (Å²) in [6.45, 7) is 0. The molecule has 2 nitrogen and oxygen atoms in total. The van der Waals surface area contributed by atoms with E-state index < -0.39 is 18.8 Å². The first-order valence-corrected chi connectivity index (χ1v) is 3.39. The van der Waals surface area contributed by atoms with E-state index in [0.29, 0.717) is 0 Å². The van der Waals surface area contributed by atoms with Crippen LogP contribution < -0.4 is 0 Å². The lowest BCUT2D eigenvalue weighted by Crippen LogP contribution is -2.15. The molecule has 2 N–H and O–H groups in total. The lowest BCUT2D eigenvalue weighted by Gasteiger charge is -1.99. The molecule has 0 radical (unpaired) electrons. The van der Waals surface area contributed by atoms with E-state index in [4.69, 9.17) is 10.0 Å². The zero-order valence-electron chi connectivity index (χ0n) is 6.17. The highest BCUT2D eigenvalue weighted by Gasteiger charge is 2.09. The second kappa shape index (κ2) is 3.64. The number of hydrogen-bond donors (Lipinski definition) is 2. The van der Waals surface area contributed by atoms with Crippen LogP contribution in [-0.4, -0.2) is 17.2 Å². The van der Waals surface area contributed by atoms with E-state index in [0.717, 1.165) is 18.2 Å². The van der Waals surface area contributed by atoms with E-state index in [1.807, 2.05) is 0 Å². The molecule has 0 aliphatic carbocycles. The van der Waals surface area contributed by atoms with Crippen molar-refractivity contribution in [2.45, 2.75) is 6.32 Å². The van der Waals surface area contributed by atoms with Gasteiger partial charge in [-0.1, -0.05) is 0 Å². The van der Waals surface area contributed by atoms with E-state index in [9.17, 15) is 8.78 Å². The van der Waals surface area contributed by atoms with Crippen LogP contribution >= 0.6 is 0 Å². The van der Waals surface area contributed by atoms with Gasteiger partial charge in [0.15, 0.2) is 0 Å². The topological polar surface area (TPSA) is 40.5 Å². The van der Waals surface area contributed by atoms with Crippen LogP contribution in [-0.2, 0) is 6.32 Å². The predicted octanol–water partition coefficient (Wildman–Crippen LogP) is 0.519. The van der Waals surface area contributed by atoms with E-state index in [1.165, 1.54) is 0 Å². The molecule has 1 rings (SSSR count). The molecule has 0 aromatic heterocycles. The first kappa shape index (κ1) is 9.16. The van der Waals surface area contributed by atoms with Crippen molar-refractivity contribution in [3.8, 4) is 0 Å². The fraction of sp³-hybridized carbons (Fsp3) is 0.143. The van der Waals surface area contributed by atoms with Gasteiger partial charge in [0.05, 0.1) is 0 Å². The maximum Gasteiger partial charge on any atom is 0.456 e. The predicted molar refractivity (Wildman–Crippen MR) is 40.3 cm³/mol. The van der Waals surface area contributed by atoms with E-state index in [2.05, 4.69) is 0 Å². The van der Waals surface area contributed by atoms with Gasteiger partial charge in [-0.3, -0.25) is 0 Å². The summed E-state index contributed by atoms with van der Waals surface area (Å²) in [7, 11) is -1.58. The molecule has 0 unspecified atom stereocenters. The minimum Gasteiger partial charge on any atom is -0.427 e. The highest BCUT2D eigenvalue weighted by Crippen LogP contribution is 2.08. The van der Waals surface area contributed by atoms with E-state index in [-0.39, 0.29) is 11.9 Å². The van der Waals surface area contributed by atoms with Gasteiger partial charge >= 0.3 is 7.12 Å². The zero-order valence-corrected chi connectivity index (χ0v) is 6.17. The standard InChI is InChI=1S/C7H7BF2O2/c9-6-1-5(4-8(11)12)2-7(10)3-6/h1-3,11-12H,4H2. The molecule has 0 amide bonds. The van der Waals surface area contributed by atoms with Gasteiger partial charge in [-0.05, 0) is 17.7 Å². The van der Waals surface area contributed by atoms with Crippen LogP contribution in [0, 0.1) is 11.6 Å². The Morgan fingerprint density at radius 2 is 1.58 bits per heavy atom. The summed E-state index contributed by atoms with van der Waals surface area (Å²) in [6, 6.07) is 2.85. The normalized spacial score (nSPS) is 10.0. The van der Waals surface area contributed by atoms with Gasteiger partial charge in [0.25, 0.3) is 0 Å². The van der Waals surface area contributed by atoms with Gasteiger partial charge < -0.3 is 10.0 Å². The number of benzene rings is 1. The molecule has 0 saturated heterocycles. The Labute approximate surface area is 68.6 Å². The Kier molecular flexibility index (Phi) is 2.78. The van der Waals surface area contributed by atoms with Crippen LogP contribution in [0.1, 0.15) is 5.56 Å². The minimum atomic E-state index is -1.58. The molecule has 0 saturated carbocycles. The molecule has 1 aromatic carbocycles. The molecule has 0 bridgehead atoms. The Morgan fingerprint density at radius 1 is 1.08 bits per heavy atom. The first-order valence-electron chi connectivity index (χ1n) is 3.39. The summed E-state index contributed by atoms with van der Waals surface area (Å²) in [5, 5.41) is 17.0. The lowest BCUT2D eigenvalue weighted by atomic mass is 9.82. The van der Waals surface area contributed by atoms with Crippen LogP contribution in [0.25, 0.3) is 0 Å². The Balaban J connectivity index is 2.85. The second-order valence-corrected chi connectivity index (χ2v) is 2.46. The summed E-state index contributed by atoms with van der Waals surface area (Å²) in [6.07, 6.45) is -0.172. The smallest absolute Gasteiger partial charge is 0.427 e. The molecule has 0 aliphatic heterocycles. The summed E-state index contributed by atoms with van der Waals surface area (Å²) in [5.74, 6) is -1.43. The van der Waals surface area contributed by atoms with Crippen molar-refractivity contribution >= 4 is 7.12 Å². The summed E-state index contributed by atoms with van der Waals surface area (Å²) >= 11 is 0. The monoisotopic (exact) mass is 172 g/mol. The quantitative estimate of drug-likeness (QED) is 0.638. The van der Waals surface area contributed by atoms with Gasteiger partial charge in [0.2, 0.25) is 0 Å². The fourth-order valence-corrected chi connectivity index (χ4v) is 0.940. The van der Waals surface area contributed by atoms with Gasteiger partial charge in [0.1, 0.15) is 11.6 Å². The van der Waals surface area contributed by atoms with Crippen LogP contribution in [0.4, 0.5) is 8.78 Å². The number of halogens is 2. The molecule has 1 aromatic rings. The van der Waals surface area contributed by atoms with Crippen LogP contribution in [0.5, 0.6) is 0 Å². The average molecular weight is 172 g/mol. The van der Waals surface area contributed by atoms with Gasteiger partial charge in [-0.15, -0.1) is 0 Å². The Morgan fingerprint density at radius 3 is 2.00 bits per heavy atom. The number of hydrogen-bond acceptors (Lipinski definition) is 2. The van der Waals surface area contributed by atoms with Crippen molar-refractivity contribution in [2.24, 2.45) is 0 Å².